The van der Waals surface area contributed by atoms with Gasteiger partial charge in [-0.25, -0.2) is 0 Å². The van der Waals surface area contributed by atoms with Crippen LogP contribution in [0.5, 0.6) is 5.75 Å². The largest absolute Gasteiger partial charge is 0.490 e. The van der Waals surface area contributed by atoms with E-state index in [4.69, 9.17) is 10.5 Å². The van der Waals surface area contributed by atoms with E-state index in [-0.39, 0.29) is 0 Å². The number of hydrogen-bond acceptors (Lipinski definition) is 5. The SMILES string of the molecule is COc1c(N)nsc1NCCc1ccccc1. The van der Waals surface area contributed by atoms with E-state index in [1.807, 2.05) is 18.2 Å². The predicted octanol–water partition coefficient (Wildman–Crippen LogP) is 2.39. The summed E-state index contributed by atoms with van der Waals surface area (Å²) in [5, 5.41) is 4.17. The molecule has 0 aliphatic carbocycles. The molecule has 0 bridgehead atoms. The maximum absolute atomic E-state index is 5.67. The average Bonchev–Trinajstić information content (AvgIpc) is 2.71. The van der Waals surface area contributed by atoms with E-state index in [1.54, 1.807) is 7.11 Å². The van der Waals surface area contributed by atoms with Crippen LogP contribution in [0.15, 0.2) is 30.3 Å². The molecule has 0 unspecified atom stereocenters. The van der Waals surface area contributed by atoms with Crippen LogP contribution in [-0.2, 0) is 6.42 Å². The van der Waals surface area contributed by atoms with Gasteiger partial charge in [-0.1, -0.05) is 30.3 Å². The first kappa shape index (κ1) is 11.7. The van der Waals surface area contributed by atoms with E-state index < -0.39 is 0 Å². The van der Waals surface area contributed by atoms with Crippen molar-refractivity contribution in [1.29, 1.82) is 0 Å². The summed E-state index contributed by atoms with van der Waals surface area (Å²) in [7, 11) is 1.60. The Balaban J connectivity index is 1.90. The van der Waals surface area contributed by atoms with E-state index in [0.29, 0.717) is 11.6 Å². The minimum absolute atomic E-state index is 0.444. The molecule has 0 aliphatic rings. The van der Waals surface area contributed by atoms with Gasteiger partial charge in [0.1, 0.15) is 0 Å². The second kappa shape index (κ2) is 5.54. The lowest BCUT2D eigenvalue weighted by Gasteiger charge is -2.05. The number of nitrogens with one attached hydrogen (secondary N) is 1. The third-order valence-electron chi connectivity index (χ3n) is 2.42. The Kier molecular flexibility index (Phi) is 3.82. The fraction of sp³-hybridized carbons (Fsp3) is 0.250. The summed E-state index contributed by atoms with van der Waals surface area (Å²) in [5.41, 5.74) is 6.97. The van der Waals surface area contributed by atoms with Gasteiger partial charge in [0, 0.05) is 6.54 Å². The molecular formula is C12H15N3OS. The highest BCUT2D eigenvalue weighted by Crippen LogP contribution is 2.34. The third-order valence-corrected chi connectivity index (χ3v) is 3.22. The molecule has 0 aliphatic heterocycles. The maximum Gasteiger partial charge on any atom is 0.197 e. The zero-order valence-electron chi connectivity index (χ0n) is 9.64. The number of ether oxygens (including phenoxy) is 1. The van der Waals surface area contributed by atoms with E-state index in [2.05, 4.69) is 21.8 Å². The Morgan fingerprint density at radius 2 is 2.12 bits per heavy atom. The number of rotatable bonds is 5. The second-order valence-electron chi connectivity index (χ2n) is 3.59. The van der Waals surface area contributed by atoms with Gasteiger partial charge in [0.15, 0.2) is 16.6 Å². The number of hydrogen-bond donors (Lipinski definition) is 2. The lowest BCUT2D eigenvalue weighted by atomic mass is 10.1. The molecule has 90 valence electrons. The van der Waals surface area contributed by atoms with Crippen LogP contribution in [0.2, 0.25) is 0 Å². The van der Waals surface area contributed by atoms with Crippen molar-refractivity contribution in [2.75, 3.05) is 24.7 Å². The molecule has 5 heteroatoms. The van der Waals surface area contributed by atoms with E-state index in [9.17, 15) is 0 Å². The van der Waals surface area contributed by atoms with Gasteiger partial charge in [0.2, 0.25) is 0 Å². The second-order valence-corrected chi connectivity index (χ2v) is 4.37. The Hall–Kier alpha value is -1.75. The van der Waals surface area contributed by atoms with Crippen molar-refractivity contribution in [3.8, 4) is 5.75 Å². The van der Waals surface area contributed by atoms with Crippen LogP contribution in [0.3, 0.4) is 0 Å². The Bertz CT molecular complexity index is 470. The molecule has 0 saturated carbocycles. The van der Waals surface area contributed by atoms with Gasteiger partial charge in [0.25, 0.3) is 0 Å². The topological polar surface area (TPSA) is 60.2 Å². The van der Waals surface area contributed by atoms with Crippen molar-refractivity contribution in [2.24, 2.45) is 0 Å². The monoisotopic (exact) mass is 249 g/mol. The molecule has 2 aromatic rings. The molecular weight excluding hydrogens is 234 g/mol. The summed E-state index contributed by atoms with van der Waals surface area (Å²) in [6, 6.07) is 10.3. The molecule has 0 radical (unpaired) electrons. The molecule has 1 heterocycles. The lowest BCUT2D eigenvalue weighted by Crippen LogP contribution is -2.04. The highest BCUT2D eigenvalue weighted by atomic mass is 32.1. The standard InChI is InChI=1S/C12H15N3OS/c1-16-10-11(13)15-17-12(10)14-8-7-9-5-3-2-4-6-9/h2-6,14H,7-8H2,1H3,(H2,13,15). The normalized spacial score (nSPS) is 10.2. The van der Waals surface area contributed by atoms with Crippen molar-refractivity contribution in [3.05, 3.63) is 35.9 Å². The Morgan fingerprint density at radius 1 is 1.35 bits per heavy atom. The lowest BCUT2D eigenvalue weighted by molar-refractivity contribution is 0.419. The molecule has 1 aromatic heterocycles. The van der Waals surface area contributed by atoms with Crippen LogP contribution in [-0.4, -0.2) is 18.0 Å². The van der Waals surface area contributed by atoms with Crippen molar-refractivity contribution in [3.63, 3.8) is 0 Å². The first-order valence-electron chi connectivity index (χ1n) is 5.38. The number of nitrogen functional groups attached to an aromatic ring is 1. The first-order chi connectivity index (χ1) is 8.31. The third kappa shape index (κ3) is 2.88. The number of nitrogens with zero attached hydrogens (tertiary/aromatic N) is 1. The fourth-order valence-electron chi connectivity index (χ4n) is 1.57. The van der Waals surface area contributed by atoms with Crippen molar-refractivity contribution >= 4 is 22.4 Å². The number of nitrogens with two attached hydrogens (primary N) is 1. The fourth-order valence-corrected chi connectivity index (χ4v) is 2.28. The summed E-state index contributed by atoms with van der Waals surface area (Å²) >= 11 is 1.32. The van der Waals surface area contributed by atoms with Crippen molar-refractivity contribution in [2.45, 2.75) is 6.42 Å². The molecule has 2 rings (SSSR count). The molecule has 4 nitrogen and oxygen atoms in total. The molecule has 0 fully saturated rings. The average molecular weight is 249 g/mol. The minimum atomic E-state index is 0.444. The number of anilines is 2. The molecule has 1 aromatic carbocycles. The number of benzene rings is 1. The Morgan fingerprint density at radius 3 is 2.82 bits per heavy atom. The van der Waals surface area contributed by atoms with Crippen LogP contribution in [0, 0.1) is 0 Å². The first-order valence-corrected chi connectivity index (χ1v) is 6.15. The molecule has 0 amide bonds. The summed E-state index contributed by atoms with van der Waals surface area (Å²) in [4.78, 5) is 0. The van der Waals surface area contributed by atoms with Crippen LogP contribution >= 0.6 is 11.5 Å². The highest BCUT2D eigenvalue weighted by molar-refractivity contribution is 7.11. The van der Waals surface area contributed by atoms with E-state index >= 15 is 0 Å². The van der Waals surface area contributed by atoms with Gasteiger partial charge in [-0.05, 0) is 23.5 Å². The smallest absolute Gasteiger partial charge is 0.197 e. The van der Waals surface area contributed by atoms with Crippen LogP contribution < -0.4 is 15.8 Å². The van der Waals surface area contributed by atoms with Crippen LogP contribution in [0.25, 0.3) is 0 Å². The van der Waals surface area contributed by atoms with E-state index in [1.165, 1.54) is 17.1 Å². The molecule has 17 heavy (non-hydrogen) atoms. The zero-order chi connectivity index (χ0) is 12.1. The molecule has 0 spiro atoms. The van der Waals surface area contributed by atoms with Gasteiger partial charge < -0.3 is 15.8 Å². The van der Waals surface area contributed by atoms with Crippen molar-refractivity contribution < 1.29 is 4.74 Å². The quantitative estimate of drug-likeness (QED) is 0.854. The van der Waals surface area contributed by atoms with Crippen LogP contribution in [0.4, 0.5) is 10.8 Å². The summed E-state index contributed by atoms with van der Waals surface area (Å²) in [5.74, 6) is 1.09. The Labute approximate surface area is 105 Å². The molecule has 0 atom stereocenters. The van der Waals surface area contributed by atoms with Gasteiger partial charge >= 0.3 is 0 Å². The van der Waals surface area contributed by atoms with E-state index in [0.717, 1.165) is 18.0 Å². The van der Waals surface area contributed by atoms with Gasteiger partial charge in [-0.3, -0.25) is 0 Å². The van der Waals surface area contributed by atoms with Gasteiger partial charge in [-0.15, -0.1) is 0 Å². The van der Waals surface area contributed by atoms with Crippen LogP contribution in [0.1, 0.15) is 5.56 Å². The zero-order valence-corrected chi connectivity index (χ0v) is 10.5. The highest BCUT2D eigenvalue weighted by Gasteiger charge is 2.10. The minimum Gasteiger partial charge on any atom is -0.490 e. The predicted molar refractivity (Wildman–Crippen MR) is 71.7 cm³/mol. The summed E-state index contributed by atoms with van der Waals surface area (Å²) in [6.07, 6.45) is 0.960. The maximum atomic E-state index is 5.67. The molecule has 0 saturated heterocycles. The number of methoxy groups -OCH3 is 1. The van der Waals surface area contributed by atoms with Gasteiger partial charge in [-0.2, -0.15) is 4.37 Å². The van der Waals surface area contributed by atoms with Crippen molar-refractivity contribution in [1.82, 2.24) is 4.37 Å². The summed E-state index contributed by atoms with van der Waals surface area (Å²) < 4.78 is 9.22. The summed E-state index contributed by atoms with van der Waals surface area (Å²) in [6.45, 7) is 0.835. The molecule has 3 N–H and O–H groups in total. The number of aromatic nitrogens is 1. The van der Waals surface area contributed by atoms with Gasteiger partial charge in [0.05, 0.1) is 7.11 Å².